The van der Waals surface area contributed by atoms with Crippen LogP contribution in [-0.4, -0.2) is 37.8 Å². The molecule has 0 aliphatic carbocycles. The van der Waals surface area contributed by atoms with Crippen molar-refractivity contribution in [2.45, 2.75) is 6.42 Å². The summed E-state index contributed by atoms with van der Waals surface area (Å²) in [4.78, 5) is 15.6. The number of rotatable bonds is 5. The Morgan fingerprint density at radius 1 is 1.38 bits per heavy atom. The van der Waals surface area contributed by atoms with Crippen molar-refractivity contribution in [3.8, 4) is 11.5 Å². The van der Waals surface area contributed by atoms with Gasteiger partial charge in [-0.25, -0.2) is 4.73 Å². The van der Waals surface area contributed by atoms with Crippen molar-refractivity contribution in [3.63, 3.8) is 0 Å². The van der Waals surface area contributed by atoms with Gasteiger partial charge in [-0.05, 0) is 18.2 Å². The molecule has 7 heteroatoms. The van der Waals surface area contributed by atoms with Gasteiger partial charge < -0.3 is 20.0 Å². The van der Waals surface area contributed by atoms with Crippen molar-refractivity contribution >= 4 is 17.4 Å². The number of carbonyl (C=O) groups is 1. The lowest BCUT2D eigenvalue weighted by molar-refractivity contribution is -0.592. The summed E-state index contributed by atoms with van der Waals surface area (Å²) in [5, 5.41) is 21.3. The second-order valence-corrected chi connectivity index (χ2v) is 5.65. The van der Waals surface area contributed by atoms with E-state index in [1.807, 2.05) is 18.0 Å². The van der Waals surface area contributed by atoms with Gasteiger partial charge in [0.2, 0.25) is 0 Å². The van der Waals surface area contributed by atoms with E-state index >= 15 is 0 Å². The highest BCUT2D eigenvalue weighted by Crippen LogP contribution is 2.34. The van der Waals surface area contributed by atoms with Gasteiger partial charge in [0.25, 0.3) is 11.7 Å². The Morgan fingerprint density at radius 2 is 2.21 bits per heavy atom. The van der Waals surface area contributed by atoms with Crippen LogP contribution in [0.2, 0.25) is 0 Å². The topological polar surface area (TPSA) is 80.0 Å². The zero-order valence-corrected chi connectivity index (χ0v) is 13.4. The number of phenolic OH excluding ortho intramolecular Hbond substituents is 1. The average Bonchev–Trinajstić information content (AvgIpc) is 2.57. The van der Waals surface area contributed by atoms with Crippen LogP contribution in [0.5, 0.6) is 11.5 Å². The first-order chi connectivity index (χ1) is 11.6. The fourth-order valence-corrected chi connectivity index (χ4v) is 2.73. The predicted molar refractivity (Wildman–Crippen MR) is 89.2 cm³/mol. The van der Waals surface area contributed by atoms with Crippen molar-refractivity contribution in [2.24, 2.45) is 0 Å². The molecule has 1 N–H and O–H groups in total. The summed E-state index contributed by atoms with van der Waals surface area (Å²) in [6.45, 7) is 1.10. The van der Waals surface area contributed by atoms with Crippen molar-refractivity contribution in [1.29, 1.82) is 0 Å². The third-order valence-electron chi connectivity index (χ3n) is 3.96. The minimum atomic E-state index is -0.116. The zero-order chi connectivity index (χ0) is 17.1. The Bertz CT molecular complexity index is 750. The van der Waals surface area contributed by atoms with E-state index in [4.69, 9.17) is 4.74 Å². The molecular formula is C17H19N3O4. The van der Waals surface area contributed by atoms with E-state index in [-0.39, 0.29) is 18.3 Å². The summed E-state index contributed by atoms with van der Waals surface area (Å²) in [5.74, 6) is 1.06. The van der Waals surface area contributed by atoms with Gasteiger partial charge in [0.15, 0.2) is 6.61 Å². The first-order valence-corrected chi connectivity index (χ1v) is 7.72. The number of ether oxygens (including phenoxy) is 1. The molecule has 1 aromatic heterocycles. The summed E-state index contributed by atoms with van der Waals surface area (Å²) in [6, 6.07) is 9.96. The summed E-state index contributed by atoms with van der Waals surface area (Å²) < 4.78 is 6.17. The molecule has 126 valence electrons. The SMILES string of the molecule is CN(CCCN1C(=O)COc2cc(O)ccc21)c1cccc[n+]1[O-]. The van der Waals surface area contributed by atoms with E-state index < -0.39 is 0 Å². The fraction of sp³-hybridized carbons (Fsp3) is 0.294. The van der Waals surface area contributed by atoms with Gasteiger partial charge >= 0.3 is 0 Å². The molecule has 24 heavy (non-hydrogen) atoms. The lowest BCUT2D eigenvalue weighted by atomic mass is 10.2. The summed E-state index contributed by atoms with van der Waals surface area (Å²) in [7, 11) is 1.84. The Hall–Kier alpha value is -2.96. The number of fused-ring (bicyclic) bond motifs is 1. The van der Waals surface area contributed by atoms with E-state index in [0.717, 1.165) is 4.73 Å². The third kappa shape index (κ3) is 3.19. The first kappa shape index (κ1) is 15.9. The summed E-state index contributed by atoms with van der Waals surface area (Å²) in [6.07, 6.45) is 2.15. The molecule has 0 radical (unpaired) electrons. The van der Waals surface area contributed by atoms with Crippen LogP contribution in [0.4, 0.5) is 11.5 Å². The number of aromatic nitrogens is 1. The van der Waals surface area contributed by atoms with E-state index in [2.05, 4.69) is 0 Å². The average molecular weight is 329 g/mol. The lowest BCUT2D eigenvalue weighted by Gasteiger charge is -2.29. The molecule has 1 aliphatic rings. The lowest BCUT2D eigenvalue weighted by Crippen LogP contribution is -2.41. The number of carbonyl (C=O) groups excluding carboxylic acids is 1. The van der Waals surface area contributed by atoms with E-state index in [1.165, 1.54) is 18.3 Å². The molecule has 2 aromatic rings. The number of hydrogen-bond acceptors (Lipinski definition) is 5. The van der Waals surface area contributed by atoms with Gasteiger partial charge in [-0.1, -0.05) is 6.07 Å². The highest BCUT2D eigenvalue weighted by molar-refractivity contribution is 5.97. The molecule has 7 nitrogen and oxygen atoms in total. The maximum Gasteiger partial charge on any atom is 0.279 e. The molecule has 2 heterocycles. The Balaban J connectivity index is 1.65. The second kappa shape index (κ2) is 6.66. The van der Waals surface area contributed by atoms with Crippen LogP contribution in [0.3, 0.4) is 0 Å². The maximum atomic E-state index is 12.1. The number of hydrogen-bond donors (Lipinski definition) is 1. The summed E-state index contributed by atoms with van der Waals surface area (Å²) in [5.41, 5.74) is 0.658. The van der Waals surface area contributed by atoms with Gasteiger partial charge in [0, 0.05) is 25.1 Å². The highest BCUT2D eigenvalue weighted by Gasteiger charge is 2.25. The van der Waals surface area contributed by atoms with Crippen LogP contribution in [0.1, 0.15) is 6.42 Å². The highest BCUT2D eigenvalue weighted by atomic mass is 16.5. The van der Waals surface area contributed by atoms with E-state index in [0.29, 0.717) is 36.8 Å². The molecule has 0 saturated heterocycles. The Morgan fingerprint density at radius 3 is 3.00 bits per heavy atom. The number of aromatic hydroxyl groups is 1. The van der Waals surface area contributed by atoms with Crippen molar-refractivity contribution in [1.82, 2.24) is 0 Å². The molecule has 1 aromatic carbocycles. The van der Waals surface area contributed by atoms with E-state index in [9.17, 15) is 15.1 Å². The molecule has 3 rings (SSSR count). The first-order valence-electron chi connectivity index (χ1n) is 7.72. The number of nitrogens with zero attached hydrogens (tertiary/aromatic N) is 3. The maximum absolute atomic E-state index is 12.1. The van der Waals surface area contributed by atoms with E-state index in [1.54, 1.807) is 23.1 Å². The fourth-order valence-electron chi connectivity index (χ4n) is 2.73. The van der Waals surface area contributed by atoms with Crippen LogP contribution >= 0.6 is 0 Å². The predicted octanol–water partition coefficient (Wildman–Crippen LogP) is 1.28. The molecule has 0 fully saturated rings. The summed E-state index contributed by atoms with van der Waals surface area (Å²) >= 11 is 0. The minimum absolute atomic E-state index is 0.0362. The number of pyridine rings is 1. The van der Waals surface area contributed by atoms with Gasteiger partial charge in [-0.3, -0.25) is 9.69 Å². The molecule has 0 bridgehead atoms. The largest absolute Gasteiger partial charge is 0.711 e. The van der Waals surface area contributed by atoms with Crippen molar-refractivity contribution in [2.75, 3.05) is 36.5 Å². The molecule has 1 aliphatic heterocycles. The molecule has 0 atom stereocenters. The van der Waals surface area contributed by atoms with Crippen LogP contribution in [0.25, 0.3) is 0 Å². The van der Waals surface area contributed by atoms with Crippen LogP contribution in [0.15, 0.2) is 42.6 Å². The zero-order valence-electron chi connectivity index (χ0n) is 13.4. The van der Waals surface area contributed by atoms with Gasteiger partial charge in [0.1, 0.15) is 11.5 Å². The molecule has 0 saturated carbocycles. The van der Waals surface area contributed by atoms with Crippen LogP contribution in [-0.2, 0) is 4.79 Å². The molecule has 1 amide bonds. The third-order valence-corrected chi connectivity index (χ3v) is 3.96. The van der Waals surface area contributed by atoms with Crippen LogP contribution < -0.4 is 19.3 Å². The van der Waals surface area contributed by atoms with Crippen molar-refractivity contribution in [3.05, 3.63) is 47.8 Å². The molecular weight excluding hydrogens is 310 g/mol. The normalized spacial score (nSPS) is 13.4. The number of benzene rings is 1. The number of amides is 1. The minimum Gasteiger partial charge on any atom is -0.711 e. The Labute approximate surface area is 139 Å². The number of anilines is 2. The number of phenols is 1. The quantitative estimate of drug-likeness (QED) is 0.660. The van der Waals surface area contributed by atoms with Crippen LogP contribution in [0, 0.1) is 5.21 Å². The van der Waals surface area contributed by atoms with Gasteiger partial charge in [-0.15, -0.1) is 0 Å². The standard InChI is InChI=1S/C17H19N3O4/c1-18(16-5-2-3-10-20(16)23)8-4-9-19-14-7-6-13(21)11-15(14)24-12-17(19)22/h2-3,5-7,10-11,21H,4,8-9,12H2,1H3. The van der Waals surface area contributed by atoms with Gasteiger partial charge in [0.05, 0.1) is 25.5 Å². The molecule has 0 unspecified atom stereocenters. The second-order valence-electron chi connectivity index (χ2n) is 5.65. The van der Waals surface area contributed by atoms with Crippen molar-refractivity contribution < 1.29 is 19.4 Å². The molecule has 0 spiro atoms. The monoisotopic (exact) mass is 329 g/mol. The smallest absolute Gasteiger partial charge is 0.279 e. The van der Waals surface area contributed by atoms with Gasteiger partial charge in [-0.2, -0.15) is 0 Å². The Kier molecular flexibility index (Phi) is 4.41.